The standard InChI is InChI=1S/C25H24ClN3O3/c1-17(2)28(25(32)20-11-10-18-6-3-4-7-19(18)12-20)15-23(30)27-14-24(31)29(16-27)22-9-5-8-21(26)13-22/h3-13,17H,14-16H2,1-2H3. The fraction of sp³-hybridized carbons (Fsp3) is 0.240. The molecular weight excluding hydrogens is 426 g/mol. The Kier molecular flexibility index (Phi) is 6.15. The summed E-state index contributed by atoms with van der Waals surface area (Å²) < 4.78 is 0. The fourth-order valence-corrected chi connectivity index (χ4v) is 3.99. The summed E-state index contributed by atoms with van der Waals surface area (Å²) >= 11 is 6.04. The molecular formula is C25H24ClN3O3. The van der Waals surface area contributed by atoms with Crippen molar-refractivity contribution in [1.82, 2.24) is 9.80 Å². The Balaban J connectivity index is 1.49. The van der Waals surface area contributed by atoms with Crippen LogP contribution < -0.4 is 4.90 Å². The van der Waals surface area contributed by atoms with Crippen molar-refractivity contribution >= 4 is 45.8 Å². The van der Waals surface area contributed by atoms with E-state index >= 15 is 0 Å². The number of hydrogen-bond donors (Lipinski definition) is 0. The Bertz CT molecular complexity index is 1190. The molecule has 1 aliphatic heterocycles. The predicted octanol–water partition coefficient (Wildman–Crippen LogP) is 4.18. The number of carbonyl (C=O) groups is 3. The maximum absolute atomic E-state index is 13.2. The highest BCUT2D eigenvalue weighted by molar-refractivity contribution is 6.31. The van der Waals surface area contributed by atoms with Crippen LogP contribution in [0.4, 0.5) is 5.69 Å². The molecule has 1 saturated heterocycles. The summed E-state index contributed by atoms with van der Waals surface area (Å²) in [6.07, 6.45) is 0. The average Bonchev–Trinajstić information content (AvgIpc) is 3.18. The van der Waals surface area contributed by atoms with Crippen LogP contribution in [-0.4, -0.2) is 53.3 Å². The summed E-state index contributed by atoms with van der Waals surface area (Å²) in [5.41, 5.74) is 1.18. The highest BCUT2D eigenvalue weighted by Gasteiger charge is 2.33. The quantitative estimate of drug-likeness (QED) is 0.587. The van der Waals surface area contributed by atoms with Gasteiger partial charge in [0.1, 0.15) is 19.8 Å². The van der Waals surface area contributed by atoms with Crippen LogP contribution in [0.1, 0.15) is 24.2 Å². The fourth-order valence-electron chi connectivity index (χ4n) is 3.81. The van der Waals surface area contributed by atoms with Gasteiger partial charge in [0.25, 0.3) is 5.91 Å². The molecule has 1 aliphatic rings. The zero-order valence-corrected chi connectivity index (χ0v) is 18.7. The molecule has 32 heavy (non-hydrogen) atoms. The number of anilines is 1. The molecule has 0 spiro atoms. The summed E-state index contributed by atoms with van der Waals surface area (Å²) in [4.78, 5) is 43.3. The van der Waals surface area contributed by atoms with Gasteiger partial charge < -0.3 is 9.80 Å². The van der Waals surface area contributed by atoms with Gasteiger partial charge in [0.05, 0.1) is 0 Å². The second kappa shape index (κ2) is 9.01. The van der Waals surface area contributed by atoms with E-state index in [1.807, 2.05) is 50.2 Å². The minimum Gasteiger partial charge on any atom is -0.327 e. The van der Waals surface area contributed by atoms with Gasteiger partial charge in [-0.15, -0.1) is 0 Å². The number of benzene rings is 3. The van der Waals surface area contributed by atoms with Gasteiger partial charge in [-0.05, 0) is 55.0 Å². The van der Waals surface area contributed by atoms with E-state index in [2.05, 4.69) is 0 Å². The van der Waals surface area contributed by atoms with E-state index in [-0.39, 0.29) is 43.5 Å². The van der Waals surface area contributed by atoms with Gasteiger partial charge in [0, 0.05) is 22.3 Å². The molecule has 0 atom stereocenters. The van der Waals surface area contributed by atoms with Crippen LogP contribution in [0.15, 0.2) is 66.7 Å². The number of halogens is 1. The number of rotatable bonds is 5. The molecule has 0 unspecified atom stereocenters. The number of amides is 3. The molecule has 0 aromatic heterocycles. The predicted molar refractivity (Wildman–Crippen MR) is 126 cm³/mol. The maximum Gasteiger partial charge on any atom is 0.254 e. The van der Waals surface area contributed by atoms with E-state index in [1.54, 1.807) is 35.2 Å². The van der Waals surface area contributed by atoms with Gasteiger partial charge in [-0.2, -0.15) is 0 Å². The van der Waals surface area contributed by atoms with Crippen LogP contribution in [0.25, 0.3) is 10.8 Å². The number of fused-ring (bicyclic) bond motifs is 1. The van der Waals surface area contributed by atoms with Crippen molar-refractivity contribution in [3.63, 3.8) is 0 Å². The monoisotopic (exact) mass is 449 g/mol. The third-order valence-electron chi connectivity index (χ3n) is 5.60. The Hall–Kier alpha value is -3.38. The zero-order chi connectivity index (χ0) is 22.8. The second-order valence-electron chi connectivity index (χ2n) is 8.12. The Labute approximate surface area is 192 Å². The van der Waals surface area contributed by atoms with Crippen molar-refractivity contribution in [2.24, 2.45) is 0 Å². The highest BCUT2D eigenvalue weighted by Crippen LogP contribution is 2.23. The van der Waals surface area contributed by atoms with Gasteiger partial charge in [-0.3, -0.25) is 19.3 Å². The van der Waals surface area contributed by atoms with Gasteiger partial charge in [-0.25, -0.2) is 0 Å². The Morgan fingerprint density at radius 2 is 1.75 bits per heavy atom. The van der Waals surface area contributed by atoms with Crippen molar-refractivity contribution in [2.75, 3.05) is 24.7 Å². The first-order chi connectivity index (χ1) is 15.3. The number of hydrogen-bond acceptors (Lipinski definition) is 3. The lowest BCUT2D eigenvalue weighted by Crippen LogP contribution is -2.45. The third kappa shape index (κ3) is 4.46. The molecule has 3 aromatic rings. The lowest BCUT2D eigenvalue weighted by Gasteiger charge is -2.28. The van der Waals surface area contributed by atoms with Crippen molar-refractivity contribution in [3.8, 4) is 0 Å². The van der Waals surface area contributed by atoms with Crippen molar-refractivity contribution in [2.45, 2.75) is 19.9 Å². The molecule has 3 aromatic carbocycles. The van der Waals surface area contributed by atoms with Gasteiger partial charge in [0.2, 0.25) is 11.8 Å². The largest absolute Gasteiger partial charge is 0.327 e. The van der Waals surface area contributed by atoms with E-state index in [1.165, 1.54) is 9.80 Å². The summed E-state index contributed by atoms with van der Waals surface area (Å²) in [7, 11) is 0. The molecule has 1 heterocycles. The smallest absolute Gasteiger partial charge is 0.254 e. The summed E-state index contributed by atoms with van der Waals surface area (Å²) in [6, 6.07) is 20.1. The van der Waals surface area contributed by atoms with Crippen LogP contribution >= 0.6 is 11.6 Å². The summed E-state index contributed by atoms with van der Waals surface area (Å²) in [5, 5.41) is 2.54. The lowest BCUT2D eigenvalue weighted by atomic mass is 10.1. The topological polar surface area (TPSA) is 60.9 Å². The number of carbonyl (C=O) groups excluding carboxylic acids is 3. The molecule has 7 heteroatoms. The molecule has 1 fully saturated rings. The highest BCUT2D eigenvalue weighted by atomic mass is 35.5. The second-order valence-corrected chi connectivity index (χ2v) is 8.56. The normalized spacial score (nSPS) is 13.8. The van der Waals surface area contributed by atoms with Crippen LogP contribution in [-0.2, 0) is 9.59 Å². The molecule has 0 saturated carbocycles. The maximum atomic E-state index is 13.2. The van der Waals surface area contributed by atoms with Gasteiger partial charge in [0.15, 0.2) is 0 Å². The first kappa shape index (κ1) is 21.8. The van der Waals surface area contributed by atoms with E-state index < -0.39 is 0 Å². The minimum absolute atomic E-state index is 0.0263. The van der Waals surface area contributed by atoms with E-state index in [0.717, 1.165) is 10.8 Å². The van der Waals surface area contributed by atoms with Crippen molar-refractivity contribution < 1.29 is 14.4 Å². The van der Waals surface area contributed by atoms with Gasteiger partial charge >= 0.3 is 0 Å². The van der Waals surface area contributed by atoms with Crippen molar-refractivity contribution in [3.05, 3.63) is 77.3 Å². The molecule has 0 bridgehead atoms. The van der Waals surface area contributed by atoms with E-state index in [9.17, 15) is 14.4 Å². The first-order valence-electron chi connectivity index (χ1n) is 10.5. The zero-order valence-electron chi connectivity index (χ0n) is 18.0. The SMILES string of the molecule is CC(C)N(CC(=O)N1CC(=O)N(c2cccc(Cl)c2)C1)C(=O)c1ccc2ccccc2c1. The summed E-state index contributed by atoms with van der Waals surface area (Å²) in [5.74, 6) is -0.667. The molecule has 0 N–H and O–H groups in total. The minimum atomic E-state index is -0.272. The Morgan fingerprint density at radius 3 is 2.47 bits per heavy atom. The van der Waals surface area contributed by atoms with Crippen LogP contribution in [0, 0.1) is 0 Å². The number of nitrogens with zero attached hydrogens (tertiary/aromatic N) is 3. The average molecular weight is 450 g/mol. The molecule has 6 nitrogen and oxygen atoms in total. The molecule has 3 amide bonds. The first-order valence-corrected chi connectivity index (χ1v) is 10.8. The molecule has 164 valence electrons. The van der Waals surface area contributed by atoms with E-state index in [4.69, 9.17) is 11.6 Å². The molecule has 0 radical (unpaired) electrons. The molecule has 0 aliphatic carbocycles. The molecule has 4 rings (SSSR count). The van der Waals surface area contributed by atoms with Gasteiger partial charge in [-0.1, -0.05) is 48.0 Å². The van der Waals surface area contributed by atoms with Crippen molar-refractivity contribution in [1.29, 1.82) is 0 Å². The van der Waals surface area contributed by atoms with Crippen LogP contribution in [0.3, 0.4) is 0 Å². The van der Waals surface area contributed by atoms with E-state index in [0.29, 0.717) is 16.3 Å². The lowest BCUT2D eigenvalue weighted by molar-refractivity contribution is -0.132. The third-order valence-corrected chi connectivity index (χ3v) is 5.83. The van der Waals surface area contributed by atoms with Crippen LogP contribution in [0.5, 0.6) is 0 Å². The summed E-state index contributed by atoms with van der Waals surface area (Å²) in [6.45, 7) is 3.76. The Morgan fingerprint density at radius 1 is 1.00 bits per heavy atom. The van der Waals surface area contributed by atoms with Crippen LogP contribution in [0.2, 0.25) is 5.02 Å².